The predicted molar refractivity (Wildman–Crippen MR) is 97.5 cm³/mol. The van der Waals surface area contributed by atoms with Crippen LogP contribution >= 0.6 is 0 Å². The largest absolute Gasteiger partial charge is 0.489 e. The second-order valence-corrected chi connectivity index (χ2v) is 6.12. The molecular weight excluding hydrogens is 302 g/mol. The standard InChI is InChI=1S/C19H25N3O2/c1-6-7-8-9-19(23)20-17-10-15-13(4)14(5)21-22-16(15)11-18(17)24-12(2)3/h8-12H,6-7H2,1-5H3,(H,20,23)/b9-8+. The highest BCUT2D eigenvalue weighted by atomic mass is 16.5. The van der Waals surface area contributed by atoms with Crippen LogP contribution in [-0.4, -0.2) is 22.2 Å². The Morgan fingerprint density at radius 3 is 2.71 bits per heavy atom. The van der Waals surface area contributed by atoms with Crippen molar-refractivity contribution < 1.29 is 9.53 Å². The molecule has 1 N–H and O–H groups in total. The van der Waals surface area contributed by atoms with Crippen molar-refractivity contribution in [3.63, 3.8) is 0 Å². The van der Waals surface area contributed by atoms with E-state index in [9.17, 15) is 4.79 Å². The van der Waals surface area contributed by atoms with Gasteiger partial charge in [0, 0.05) is 11.5 Å². The second kappa shape index (κ2) is 7.90. The van der Waals surface area contributed by atoms with Gasteiger partial charge in [0.15, 0.2) is 0 Å². The van der Waals surface area contributed by atoms with Crippen LogP contribution in [-0.2, 0) is 4.79 Å². The summed E-state index contributed by atoms with van der Waals surface area (Å²) in [5.41, 5.74) is 3.33. The van der Waals surface area contributed by atoms with E-state index in [4.69, 9.17) is 4.74 Å². The number of fused-ring (bicyclic) bond motifs is 1. The van der Waals surface area contributed by atoms with Gasteiger partial charge >= 0.3 is 0 Å². The molecule has 1 amide bonds. The highest BCUT2D eigenvalue weighted by molar-refractivity contribution is 6.02. The molecule has 2 aromatic rings. The zero-order valence-electron chi connectivity index (χ0n) is 15.0. The molecule has 0 saturated carbocycles. The fourth-order valence-electron chi connectivity index (χ4n) is 2.33. The number of anilines is 1. The molecule has 0 aliphatic heterocycles. The molecule has 0 aliphatic rings. The van der Waals surface area contributed by atoms with Crippen LogP contribution < -0.4 is 10.1 Å². The monoisotopic (exact) mass is 327 g/mol. The number of unbranched alkanes of at least 4 members (excludes halogenated alkanes) is 1. The van der Waals surface area contributed by atoms with Crippen molar-refractivity contribution in [3.8, 4) is 5.75 Å². The maximum atomic E-state index is 12.1. The first-order valence-corrected chi connectivity index (χ1v) is 8.34. The number of allylic oxidation sites excluding steroid dienone is 1. The van der Waals surface area contributed by atoms with Gasteiger partial charge in [0.25, 0.3) is 0 Å². The van der Waals surface area contributed by atoms with Crippen LogP contribution in [0.1, 0.15) is 44.9 Å². The number of nitrogens with one attached hydrogen (secondary N) is 1. The van der Waals surface area contributed by atoms with Crippen molar-refractivity contribution in [1.82, 2.24) is 10.2 Å². The van der Waals surface area contributed by atoms with E-state index in [1.165, 1.54) is 0 Å². The van der Waals surface area contributed by atoms with Crippen molar-refractivity contribution in [2.45, 2.75) is 53.6 Å². The van der Waals surface area contributed by atoms with E-state index in [-0.39, 0.29) is 12.0 Å². The molecule has 1 heterocycles. The summed E-state index contributed by atoms with van der Waals surface area (Å²) in [5.74, 6) is 0.445. The maximum absolute atomic E-state index is 12.1. The fraction of sp³-hybridized carbons (Fsp3) is 0.421. The highest BCUT2D eigenvalue weighted by Gasteiger charge is 2.13. The third-order valence-electron chi connectivity index (χ3n) is 3.70. The maximum Gasteiger partial charge on any atom is 0.248 e. The number of benzene rings is 1. The molecular formula is C19H25N3O2. The lowest BCUT2D eigenvalue weighted by molar-refractivity contribution is -0.111. The summed E-state index contributed by atoms with van der Waals surface area (Å²) in [4.78, 5) is 12.1. The summed E-state index contributed by atoms with van der Waals surface area (Å²) in [7, 11) is 0. The van der Waals surface area contributed by atoms with Crippen LogP contribution in [0.25, 0.3) is 10.9 Å². The zero-order valence-corrected chi connectivity index (χ0v) is 15.0. The molecule has 0 saturated heterocycles. The minimum Gasteiger partial charge on any atom is -0.489 e. The first-order valence-electron chi connectivity index (χ1n) is 8.34. The molecule has 1 aromatic carbocycles. The Morgan fingerprint density at radius 1 is 1.29 bits per heavy atom. The van der Waals surface area contributed by atoms with Crippen LogP contribution in [0.2, 0.25) is 0 Å². The van der Waals surface area contributed by atoms with Gasteiger partial charge in [-0.1, -0.05) is 19.4 Å². The fourth-order valence-corrected chi connectivity index (χ4v) is 2.33. The number of nitrogens with zero attached hydrogens (tertiary/aromatic N) is 2. The number of carbonyl (C=O) groups is 1. The third-order valence-corrected chi connectivity index (χ3v) is 3.70. The van der Waals surface area contributed by atoms with Crippen LogP contribution in [0.3, 0.4) is 0 Å². The van der Waals surface area contributed by atoms with Gasteiger partial charge in [-0.05, 0) is 51.8 Å². The van der Waals surface area contributed by atoms with E-state index < -0.39 is 0 Å². The number of ether oxygens (including phenoxy) is 1. The van der Waals surface area contributed by atoms with E-state index in [0.29, 0.717) is 11.4 Å². The van der Waals surface area contributed by atoms with Gasteiger partial charge in [0.2, 0.25) is 5.91 Å². The molecule has 0 fully saturated rings. The SMILES string of the molecule is CCC/C=C/C(=O)Nc1cc2c(C)c(C)nnc2cc1OC(C)C. The predicted octanol–water partition coefficient (Wildman–Crippen LogP) is 4.33. The Hall–Kier alpha value is -2.43. The molecule has 5 nitrogen and oxygen atoms in total. The van der Waals surface area contributed by atoms with Gasteiger partial charge in [-0.25, -0.2) is 0 Å². The molecule has 1 aromatic heterocycles. The smallest absolute Gasteiger partial charge is 0.248 e. The number of hydrogen-bond acceptors (Lipinski definition) is 4. The normalized spacial score (nSPS) is 11.4. The summed E-state index contributed by atoms with van der Waals surface area (Å²) in [6.07, 6.45) is 5.33. The summed E-state index contributed by atoms with van der Waals surface area (Å²) in [5, 5.41) is 12.3. The Labute approximate surface area is 143 Å². The second-order valence-electron chi connectivity index (χ2n) is 6.12. The van der Waals surface area contributed by atoms with Crippen LogP contribution in [0.15, 0.2) is 24.3 Å². The van der Waals surface area contributed by atoms with E-state index >= 15 is 0 Å². The van der Waals surface area contributed by atoms with E-state index in [1.54, 1.807) is 6.08 Å². The average Bonchev–Trinajstić information content (AvgIpc) is 2.52. The first-order chi connectivity index (χ1) is 11.4. The van der Waals surface area contributed by atoms with E-state index in [1.807, 2.05) is 45.9 Å². The van der Waals surface area contributed by atoms with Crippen molar-refractivity contribution in [1.29, 1.82) is 0 Å². The van der Waals surface area contributed by atoms with Crippen LogP contribution in [0.5, 0.6) is 5.75 Å². The molecule has 24 heavy (non-hydrogen) atoms. The number of rotatable bonds is 6. The van der Waals surface area contributed by atoms with Crippen molar-refractivity contribution >= 4 is 22.5 Å². The highest BCUT2D eigenvalue weighted by Crippen LogP contribution is 2.32. The zero-order chi connectivity index (χ0) is 17.7. The van der Waals surface area contributed by atoms with Gasteiger partial charge < -0.3 is 10.1 Å². The Bertz CT molecular complexity index is 767. The van der Waals surface area contributed by atoms with Crippen molar-refractivity contribution in [2.24, 2.45) is 0 Å². The average molecular weight is 327 g/mol. The van der Waals surface area contributed by atoms with E-state index in [2.05, 4.69) is 22.4 Å². The summed E-state index contributed by atoms with van der Waals surface area (Å²) in [6, 6.07) is 3.75. The minimum atomic E-state index is -0.159. The van der Waals surface area contributed by atoms with Gasteiger partial charge in [0.1, 0.15) is 5.75 Å². The first kappa shape index (κ1) is 17.9. The molecule has 0 aliphatic carbocycles. The van der Waals surface area contributed by atoms with E-state index in [0.717, 1.165) is 35.0 Å². The number of carbonyl (C=O) groups excluding carboxylic acids is 1. The quantitative estimate of drug-likeness (QED) is 0.802. The number of hydrogen-bond donors (Lipinski definition) is 1. The lowest BCUT2D eigenvalue weighted by Gasteiger charge is -2.16. The Morgan fingerprint density at radius 2 is 2.04 bits per heavy atom. The lowest BCUT2D eigenvalue weighted by atomic mass is 10.1. The molecule has 128 valence electrons. The summed E-state index contributed by atoms with van der Waals surface area (Å²) in [6.45, 7) is 9.90. The third kappa shape index (κ3) is 4.31. The Kier molecular flexibility index (Phi) is 5.90. The molecule has 0 spiro atoms. The number of aromatic nitrogens is 2. The van der Waals surface area contributed by atoms with Gasteiger partial charge in [0.05, 0.1) is 23.0 Å². The van der Waals surface area contributed by atoms with Crippen molar-refractivity contribution in [3.05, 3.63) is 35.5 Å². The van der Waals surface area contributed by atoms with Crippen LogP contribution in [0.4, 0.5) is 5.69 Å². The lowest BCUT2D eigenvalue weighted by Crippen LogP contribution is -2.12. The number of aryl methyl sites for hydroxylation is 2. The Balaban J connectivity index is 2.44. The minimum absolute atomic E-state index is 0.00626. The van der Waals surface area contributed by atoms with Crippen LogP contribution in [0, 0.1) is 13.8 Å². The molecule has 0 radical (unpaired) electrons. The molecule has 0 bridgehead atoms. The van der Waals surface area contributed by atoms with Gasteiger partial charge in [-0.2, -0.15) is 10.2 Å². The molecule has 2 rings (SSSR count). The molecule has 0 unspecified atom stereocenters. The van der Waals surface area contributed by atoms with Gasteiger partial charge in [-0.15, -0.1) is 0 Å². The van der Waals surface area contributed by atoms with Gasteiger partial charge in [-0.3, -0.25) is 4.79 Å². The topological polar surface area (TPSA) is 64.1 Å². The molecule has 5 heteroatoms. The van der Waals surface area contributed by atoms with Crippen molar-refractivity contribution in [2.75, 3.05) is 5.32 Å². The summed E-state index contributed by atoms with van der Waals surface area (Å²) >= 11 is 0. The molecule has 0 atom stereocenters. The summed E-state index contributed by atoms with van der Waals surface area (Å²) < 4.78 is 5.84. The number of amides is 1.